The highest BCUT2D eigenvalue weighted by molar-refractivity contribution is 8.14. The van der Waals surface area contributed by atoms with E-state index in [1.165, 1.54) is 0 Å². The second kappa shape index (κ2) is 10.1. The summed E-state index contributed by atoms with van der Waals surface area (Å²) in [5.74, 6) is 0.0454. The van der Waals surface area contributed by atoms with Crippen molar-refractivity contribution in [3.63, 3.8) is 0 Å². The topological polar surface area (TPSA) is 82.1 Å². The summed E-state index contributed by atoms with van der Waals surface area (Å²) in [4.78, 5) is 23.2. The number of hydrogen-bond acceptors (Lipinski definition) is 6. The van der Waals surface area contributed by atoms with Gasteiger partial charge >= 0.3 is 5.97 Å². The fraction of sp³-hybridized carbons (Fsp3) is 0.529. The lowest BCUT2D eigenvalue weighted by Crippen LogP contribution is -2.13. The lowest BCUT2D eigenvalue weighted by atomic mass is 10.2. The van der Waals surface area contributed by atoms with Gasteiger partial charge in [0.25, 0.3) is 0 Å². The second-order valence-electron chi connectivity index (χ2n) is 4.94. The molecule has 0 saturated heterocycles. The molecule has 0 unspecified atom stereocenters. The molecule has 1 N–H and O–H groups in total. The lowest BCUT2D eigenvalue weighted by molar-refractivity contribution is -0.140. The molecule has 24 heavy (non-hydrogen) atoms. The van der Waals surface area contributed by atoms with Gasteiger partial charge in [-0.25, -0.2) is 0 Å². The van der Waals surface area contributed by atoms with E-state index < -0.39 is 11.9 Å². The summed E-state index contributed by atoms with van der Waals surface area (Å²) in [7, 11) is 0. The molecule has 0 aromatic heterocycles. The molecule has 6 nitrogen and oxygen atoms in total. The Balaban J connectivity index is 3.09. The van der Waals surface area contributed by atoms with Gasteiger partial charge < -0.3 is 19.3 Å². The van der Waals surface area contributed by atoms with Crippen molar-refractivity contribution in [1.29, 1.82) is 0 Å². The van der Waals surface area contributed by atoms with Crippen LogP contribution in [0.25, 0.3) is 0 Å². The lowest BCUT2D eigenvalue weighted by Gasteiger charge is -2.16. The Morgan fingerprint density at radius 3 is 1.96 bits per heavy atom. The smallest absolute Gasteiger partial charge is 0.307 e. The van der Waals surface area contributed by atoms with Gasteiger partial charge in [-0.15, -0.1) is 0 Å². The molecule has 0 heterocycles. The van der Waals surface area contributed by atoms with Crippen LogP contribution in [0.3, 0.4) is 0 Å². The number of carbonyl (C=O) groups is 2. The van der Waals surface area contributed by atoms with Gasteiger partial charge in [-0.3, -0.25) is 9.59 Å². The first-order valence-electron chi connectivity index (χ1n) is 7.90. The molecule has 0 saturated carbocycles. The van der Waals surface area contributed by atoms with Crippen LogP contribution in [0, 0.1) is 5.92 Å². The van der Waals surface area contributed by atoms with Crippen LogP contribution < -0.4 is 14.2 Å². The molecular weight excluding hydrogens is 332 g/mol. The summed E-state index contributed by atoms with van der Waals surface area (Å²) in [6.07, 6.45) is 0. The molecule has 134 valence electrons. The third kappa shape index (κ3) is 5.63. The Kier molecular flexibility index (Phi) is 8.46. The van der Waals surface area contributed by atoms with Crippen LogP contribution in [-0.2, 0) is 4.79 Å². The number of rotatable bonds is 10. The van der Waals surface area contributed by atoms with Crippen LogP contribution >= 0.6 is 11.8 Å². The van der Waals surface area contributed by atoms with Gasteiger partial charge in [0.2, 0.25) is 10.9 Å². The predicted molar refractivity (Wildman–Crippen MR) is 93.5 cm³/mol. The summed E-state index contributed by atoms with van der Waals surface area (Å²) in [5, 5.41) is 8.68. The van der Waals surface area contributed by atoms with Gasteiger partial charge in [0, 0.05) is 11.3 Å². The normalized spacial score (nSPS) is 11.7. The molecule has 7 heteroatoms. The van der Waals surface area contributed by atoms with Gasteiger partial charge in [0.15, 0.2) is 11.5 Å². The van der Waals surface area contributed by atoms with E-state index >= 15 is 0 Å². The molecule has 0 bridgehead atoms. The van der Waals surface area contributed by atoms with Crippen molar-refractivity contribution in [3.05, 3.63) is 17.7 Å². The number of aliphatic carboxylic acids is 1. The fourth-order valence-corrected chi connectivity index (χ4v) is 2.69. The van der Waals surface area contributed by atoms with Crippen LogP contribution in [0.5, 0.6) is 17.2 Å². The third-order valence-corrected chi connectivity index (χ3v) is 4.20. The van der Waals surface area contributed by atoms with Crippen LogP contribution in [0.4, 0.5) is 0 Å². The number of thioether (sulfide) groups is 1. The molecular formula is C17H24O6S. The quantitative estimate of drug-likeness (QED) is 0.687. The van der Waals surface area contributed by atoms with E-state index in [-0.39, 0.29) is 10.9 Å². The van der Waals surface area contributed by atoms with Crippen LogP contribution in [-0.4, -0.2) is 41.8 Å². The van der Waals surface area contributed by atoms with Crippen molar-refractivity contribution in [2.75, 3.05) is 25.6 Å². The van der Waals surface area contributed by atoms with Crippen molar-refractivity contribution in [1.82, 2.24) is 0 Å². The zero-order valence-corrected chi connectivity index (χ0v) is 15.3. The zero-order valence-electron chi connectivity index (χ0n) is 14.5. The number of carbonyl (C=O) groups excluding carboxylic acids is 1. The first-order chi connectivity index (χ1) is 11.4. The maximum atomic E-state index is 12.4. The largest absolute Gasteiger partial charge is 0.490 e. The number of hydrogen-bond donors (Lipinski definition) is 1. The van der Waals surface area contributed by atoms with E-state index in [1.807, 2.05) is 20.8 Å². The van der Waals surface area contributed by atoms with Crippen LogP contribution in [0.1, 0.15) is 38.1 Å². The monoisotopic (exact) mass is 356 g/mol. The maximum Gasteiger partial charge on any atom is 0.307 e. The van der Waals surface area contributed by atoms with E-state index in [9.17, 15) is 9.59 Å². The molecule has 0 amide bonds. The zero-order chi connectivity index (χ0) is 18.1. The molecule has 1 aromatic carbocycles. The predicted octanol–water partition coefficient (Wildman–Crippen LogP) is 3.48. The third-order valence-electron chi connectivity index (χ3n) is 3.03. The summed E-state index contributed by atoms with van der Waals surface area (Å²) in [5.41, 5.74) is 0.396. The number of ether oxygens (including phenoxy) is 3. The number of carboxylic acids is 1. The Bertz CT molecular complexity index is 545. The van der Waals surface area contributed by atoms with Gasteiger partial charge in [-0.2, -0.15) is 0 Å². The van der Waals surface area contributed by atoms with E-state index in [4.69, 9.17) is 19.3 Å². The Labute approximate surface area is 146 Å². The average Bonchev–Trinajstić information content (AvgIpc) is 2.55. The van der Waals surface area contributed by atoms with E-state index in [1.54, 1.807) is 19.1 Å². The SMILES string of the molecule is CCOc1cc(C(=O)SC[C@@H](C)C(=O)O)cc(OCC)c1OCC. The standard InChI is InChI=1S/C17H24O6S/c1-5-21-13-8-12(17(20)24-10-11(4)16(18)19)9-14(22-6-2)15(13)23-7-3/h8-9,11H,5-7,10H2,1-4H3,(H,18,19)/t11-/m1/s1. The molecule has 0 fully saturated rings. The molecule has 0 aliphatic carbocycles. The molecule has 0 radical (unpaired) electrons. The highest BCUT2D eigenvalue weighted by atomic mass is 32.2. The van der Waals surface area contributed by atoms with E-state index in [0.29, 0.717) is 42.6 Å². The fourth-order valence-electron chi connectivity index (χ4n) is 1.86. The minimum atomic E-state index is -0.924. The van der Waals surface area contributed by atoms with Crippen molar-refractivity contribution in [2.45, 2.75) is 27.7 Å². The van der Waals surface area contributed by atoms with E-state index in [0.717, 1.165) is 11.8 Å². The highest BCUT2D eigenvalue weighted by Gasteiger charge is 2.20. The van der Waals surface area contributed by atoms with Crippen LogP contribution in [0.2, 0.25) is 0 Å². The van der Waals surface area contributed by atoms with Gasteiger partial charge in [-0.05, 0) is 32.9 Å². The van der Waals surface area contributed by atoms with Crippen LogP contribution in [0.15, 0.2) is 12.1 Å². The molecule has 0 aliphatic rings. The first-order valence-corrected chi connectivity index (χ1v) is 8.89. The number of carboxylic acid groups (broad SMARTS) is 1. The summed E-state index contributed by atoms with van der Waals surface area (Å²) in [6.45, 7) is 8.39. The first kappa shape index (κ1) is 20.2. The molecule has 0 spiro atoms. The molecule has 1 atom stereocenters. The van der Waals surface area contributed by atoms with Crippen molar-refractivity contribution in [2.24, 2.45) is 5.92 Å². The minimum Gasteiger partial charge on any atom is -0.490 e. The second-order valence-corrected chi connectivity index (χ2v) is 5.93. The average molecular weight is 356 g/mol. The van der Waals surface area contributed by atoms with Crippen molar-refractivity contribution in [3.8, 4) is 17.2 Å². The summed E-state index contributed by atoms with van der Waals surface area (Å²) >= 11 is 0.967. The van der Waals surface area contributed by atoms with Gasteiger partial charge in [-0.1, -0.05) is 18.7 Å². The van der Waals surface area contributed by atoms with Gasteiger partial charge in [0.1, 0.15) is 0 Å². The Morgan fingerprint density at radius 2 is 1.54 bits per heavy atom. The van der Waals surface area contributed by atoms with E-state index in [2.05, 4.69) is 0 Å². The summed E-state index contributed by atoms with van der Waals surface area (Å²) < 4.78 is 16.7. The van der Waals surface area contributed by atoms with Gasteiger partial charge in [0.05, 0.1) is 25.7 Å². The molecule has 1 rings (SSSR count). The summed E-state index contributed by atoms with van der Waals surface area (Å²) in [6, 6.07) is 3.22. The molecule has 0 aliphatic heterocycles. The highest BCUT2D eigenvalue weighted by Crippen LogP contribution is 2.40. The van der Waals surface area contributed by atoms with Crippen molar-refractivity contribution < 1.29 is 28.9 Å². The van der Waals surface area contributed by atoms with Crippen molar-refractivity contribution >= 4 is 22.8 Å². The Hall–Kier alpha value is -1.89. The maximum absolute atomic E-state index is 12.4. The number of benzene rings is 1. The minimum absolute atomic E-state index is 0.204. The molecule has 1 aromatic rings. The Morgan fingerprint density at radius 1 is 1.04 bits per heavy atom.